The average Bonchev–Trinajstić information content (AvgIpc) is 2.98. The molecule has 1 spiro atoms. The molecule has 0 saturated carbocycles. The number of fused-ring (bicyclic) bond motifs is 4. The van der Waals surface area contributed by atoms with Gasteiger partial charge in [-0.1, -0.05) is 24.3 Å². The van der Waals surface area contributed by atoms with Gasteiger partial charge in [0.15, 0.2) is 23.2 Å². The lowest BCUT2D eigenvalue weighted by Crippen LogP contribution is -2.48. The molecular weight excluding hydrogens is 396 g/mol. The highest BCUT2D eigenvalue weighted by Crippen LogP contribution is 2.54. The highest BCUT2D eigenvalue weighted by Gasteiger charge is 2.61. The molecule has 5 rings (SSSR count). The highest BCUT2D eigenvalue weighted by atomic mass is 19.2. The van der Waals surface area contributed by atoms with E-state index in [1.165, 1.54) is 18.2 Å². The summed E-state index contributed by atoms with van der Waals surface area (Å²) in [6.07, 6.45) is 0. The third kappa shape index (κ3) is 1.87. The number of rotatable bonds is 0. The van der Waals surface area contributed by atoms with Gasteiger partial charge >= 0.3 is 0 Å². The molecule has 0 aromatic heterocycles. The van der Waals surface area contributed by atoms with Crippen LogP contribution in [-0.4, -0.2) is 17.5 Å². The largest absolute Gasteiger partial charge is 0.436 e. The summed E-state index contributed by atoms with van der Waals surface area (Å²) in [6.45, 7) is 0. The maximum Gasteiger partial charge on any atom is 0.245 e. The van der Waals surface area contributed by atoms with E-state index in [0.29, 0.717) is 6.07 Å². The summed E-state index contributed by atoms with van der Waals surface area (Å²) in [4.78, 5) is 39.7. The third-order valence-corrected chi connectivity index (χ3v) is 5.45. The number of anilines is 1. The van der Waals surface area contributed by atoms with Crippen molar-refractivity contribution in [1.82, 2.24) is 0 Å². The fraction of sp³-hybridized carbons (Fsp3) is 0.0476. The lowest BCUT2D eigenvalue weighted by molar-refractivity contribution is -0.118. The van der Waals surface area contributed by atoms with Crippen molar-refractivity contribution in [2.75, 3.05) is 5.32 Å². The minimum absolute atomic E-state index is 0.00850. The van der Waals surface area contributed by atoms with Crippen molar-refractivity contribution in [2.45, 2.75) is 5.41 Å². The second-order valence-electron chi connectivity index (χ2n) is 6.88. The fourth-order valence-corrected chi connectivity index (χ4v) is 4.20. The number of amides is 1. The van der Waals surface area contributed by atoms with Gasteiger partial charge in [-0.3, -0.25) is 14.4 Å². The van der Waals surface area contributed by atoms with Crippen LogP contribution in [0.5, 0.6) is 0 Å². The van der Waals surface area contributed by atoms with Gasteiger partial charge in [-0.25, -0.2) is 8.78 Å². The summed E-state index contributed by atoms with van der Waals surface area (Å²) >= 11 is 0. The SMILES string of the molecule is N#CC1=C(N)OC2=C(C(=O)c3ccccc3C2=O)[C@@]12C(=O)Nc1cc(F)c(F)cc12. The first kappa shape index (κ1) is 17.8. The molecular formula is C21H9F2N3O4. The van der Waals surface area contributed by atoms with Gasteiger partial charge in [0.2, 0.25) is 17.6 Å². The number of halogens is 2. The molecule has 2 heterocycles. The molecule has 0 bridgehead atoms. The van der Waals surface area contributed by atoms with Crippen molar-refractivity contribution >= 4 is 23.2 Å². The second kappa shape index (κ2) is 5.61. The van der Waals surface area contributed by atoms with E-state index in [4.69, 9.17) is 10.5 Å². The lowest BCUT2D eigenvalue weighted by Gasteiger charge is -2.36. The Hall–Kier alpha value is -4.32. The normalized spacial score (nSPS) is 21.7. The summed E-state index contributed by atoms with van der Waals surface area (Å²) in [5.74, 6) is -6.06. The van der Waals surface area contributed by atoms with Crippen LogP contribution in [0.1, 0.15) is 26.3 Å². The molecule has 0 fully saturated rings. The first-order valence-electron chi connectivity index (χ1n) is 8.64. The molecule has 0 radical (unpaired) electrons. The third-order valence-electron chi connectivity index (χ3n) is 5.45. The van der Waals surface area contributed by atoms with Gasteiger partial charge in [-0.05, 0) is 6.07 Å². The van der Waals surface area contributed by atoms with Crippen LogP contribution in [0.3, 0.4) is 0 Å². The Balaban J connectivity index is 1.92. The Morgan fingerprint density at radius 2 is 1.67 bits per heavy atom. The van der Waals surface area contributed by atoms with Crippen molar-refractivity contribution in [1.29, 1.82) is 5.26 Å². The number of ketones is 2. The van der Waals surface area contributed by atoms with Crippen molar-refractivity contribution in [2.24, 2.45) is 5.73 Å². The average molecular weight is 405 g/mol. The van der Waals surface area contributed by atoms with Crippen molar-refractivity contribution in [3.05, 3.63) is 87.5 Å². The molecule has 146 valence electrons. The van der Waals surface area contributed by atoms with Gasteiger partial charge in [0.05, 0.1) is 5.57 Å². The summed E-state index contributed by atoms with van der Waals surface area (Å²) in [5.41, 5.74) is 2.32. The number of benzene rings is 2. The number of carbonyl (C=O) groups is 3. The number of nitrogens with two attached hydrogens (primary N) is 1. The minimum Gasteiger partial charge on any atom is -0.436 e. The number of carbonyl (C=O) groups excluding carboxylic acids is 3. The smallest absolute Gasteiger partial charge is 0.245 e. The fourth-order valence-electron chi connectivity index (χ4n) is 4.20. The van der Waals surface area contributed by atoms with E-state index < -0.39 is 57.3 Å². The van der Waals surface area contributed by atoms with E-state index in [1.807, 2.05) is 0 Å². The number of hydrogen-bond acceptors (Lipinski definition) is 6. The molecule has 9 heteroatoms. The maximum absolute atomic E-state index is 14.2. The molecule has 0 unspecified atom stereocenters. The van der Waals surface area contributed by atoms with E-state index in [0.717, 1.165) is 6.07 Å². The van der Waals surface area contributed by atoms with E-state index >= 15 is 0 Å². The zero-order valence-corrected chi connectivity index (χ0v) is 14.9. The molecule has 0 saturated heterocycles. The van der Waals surface area contributed by atoms with E-state index in [-0.39, 0.29) is 22.4 Å². The van der Waals surface area contributed by atoms with Crippen molar-refractivity contribution < 1.29 is 27.9 Å². The van der Waals surface area contributed by atoms with Crippen molar-refractivity contribution in [3.63, 3.8) is 0 Å². The molecule has 1 amide bonds. The first-order chi connectivity index (χ1) is 14.3. The van der Waals surface area contributed by atoms with Gasteiger partial charge in [0.25, 0.3) is 0 Å². The quantitative estimate of drug-likeness (QED) is 0.693. The van der Waals surface area contributed by atoms with Gasteiger partial charge in [-0.2, -0.15) is 5.26 Å². The molecule has 1 aliphatic carbocycles. The Labute approximate surface area is 167 Å². The number of allylic oxidation sites excluding steroid dienone is 1. The zero-order chi connectivity index (χ0) is 21.4. The van der Waals surface area contributed by atoms with Gasteiger partial charge in [0, 0.05) is 28.4 Å². The van der Waals surface area contributed by atoms with Crippen LogP contribution < -0.4 is 11.1 Å². The molecule has 2 aromatic carbocycles. The summed E-state index contributed by atoms with van der Waals surface area (Å²) in [6, 6.07) is 9.06. The second-order valence-corrected chi connectivity index (χ2v) is 6.88. The predicted octanol–water partition coefficient (Wildman–Crippen LogP) is 2.21. The number of nitriles is 1. The Bertz CT molecular complexity index is 1350. The van der Waals surface area contributed by atoms with E-state index in [2.05, 4.69) is 5.32 Å². The summed E-state index contributed by atoms with van der Waals surface area (Å²) < 4.78 is 33.3. The maximum atomic E-state index is 14.2. The standard InChI is InChI=1S/C21H9F2N3O4/c22-12-5-10-14(6-13(12)23)26-20(29)21(10)11(7-24)19(25)30-18-15(21)16(27)8-3-1-2-4-9(8)17(18)28/h1-6H,25H2,(H,26,29)/t21-/m0/s1. The molecule has 7 nitrogen and oxygen atoms in total. The Morgan fingerprint density at radius 3 is 2.33 bits per heavy atom. The van der Waals surface area contributed by atoms with Gasteiger partial charge < -0.3 is 15.8 Å². The summed E-state index contributed by atoms with van der Waals surface area (Å²) in [5, 5.41) is 12.1. The summed E-state index contributed by atoms with van der Waals surface area (Å²) in [7, 11) is 0. The van der Waals surface area contributed by atoms with Crippen LogP contribution in [0.25, 0.3) is 0 Å². The van der Waals surface area contributed by atoms with Gasteiger partial charge in [-0.15, -0.1) is 0 Å². The number of ether oxygens (including phenoxy) is 1. The van der Waals surface area contributed by atoms with Crippen LogP contribution in [0.15, 0.2) is 59.2 Å². The van der Waals surface area contributed by atoms with Crippen LogP contribution >= 0.6 is 0 Å². The number of hydrogen-bond donors (Lipinski definition) is 2. The predicted molar refractivity (Wildman–Crippen MR) is 96.7 cm³/mol. The van der Waals surface area contributed by atoms with E-state index in [9.17, 15) is 28.4 Å². The van der Waals surface area contributed by atoms with Crippen LogP contribution in [-0.2, 0) is 14.9 Å². The van der Waals surface area contributed by atoms with Crippen molar-refractivity contribution in [3.8, 4) is 6.07 Å². The van der Waals surface area contributed by atoms with Crippen LogP contribution in [0, 0.1) is 23.0 Å². The van der Waals surface area contributed by atoms with Crippen LogP contribution in [0.4, 0.5) is 14.5 Å². The minimum atomic E-state index is -2.25. The zero-order valence-electron chi connectivity index (χ0n) is 14.9. The molecule has 3 aliphatic rings. The molecule has 1 atom stereocenters. The lowest BCUT2D eigenvalue weighted by atomic mass is 9.64. The molecule has 2 aromatic rings. The molecule has 30 heavy (non-hydrogen) atoms. The number of Topliss-reactive ketones (excluding diaryl/α,β-unsaturated/α-hetero) is 2. The molecule has 3 N–H and O–H groups in total. The first-order valence-corrected chi connectivity index (χ1v) is 8.64. The Kier molecular flexibility index (Phi) is 3.32. The number of nitrogens with one attached hydrogen (secondary N) is 1. The Morgan fingerprint density at radius 1 is 1.03 bits per heavy atom. The van der Waals surface area contributed by atoms with Crippen LogP contribution in [0.2, 0.25) is 0 Å². The molecule has 2 aliphatic heterocycles. The monoisotopic (exact) mass is 405 g/mol. The van der Waals surface area contributed by atoms with E-state index in [1.54, 1.807) is 12.1 Å². The highest BCUT2D eigenvalue weighted by molar-refractivity contribution is 6.31. The topological polar surface area (TPSA) is 122 Å². The van der Waals surface area contributed by atoms with Gasteiger partial charge in [0.1, 0.15) is 17.1 Å². The number of nitrogens with zero attached hydrogens (tertiary/aromatic N) is 1.